The molecule has 0 bridgehead atoms. The van der Waals surface area contributed by atoms with Gasteiger partial charge in [0.15, 0.2) is 0 Å². The fourth-order valence-corrected chi connectivity index (χ4v) is 2.25. The van der Waals surface area contributed by atoms with Gasteiger partial charge in [0.05, 0.1) is 5.69 Å². The second kappa shape index (κ2) is 4.79. The predicted molar refractivity (Wildman–Crippen MR) is 72.1 cm³/mol. The lowest BCUT2D eigenvalue weighted by molar-refractivity contribution is 0.245. The number of aromatic nitrogens is 3. The molecular weight excluding hydrogens is 210 g/mol. The lowest BCUT2D eigenvalue weighted by Crippen LogP contribution is -2.26. The smallest absolute Gasteiger partial charge is 0.0883 e. The molecule has 3 heteroatoms. The number of hydrogen-bond donors (Lipinski definition) is 0. The van der Waals surface area contributed by atoms with Crippen LogP contribution in [0.2, 0.25) is 0 Å². The average molecular weight is 237 g/mol. The first-order valence-corrected chi connectivity index (χ1v) is 6.60. The molecule has 0 atom stereocenters. The zero-order chi connectivity index (χ0) is 13.3. The van der Waals surface area contributed by atoms with Crippen molar-refractivity contribution >= 4 is 0 Å². The standard InChI is InChI=1S/C14H27N3/c1-8-13(4,5)10-14(6,7)12-9-17(11(2)3)16-15-12/h9,11H,8,10H2,1-7H3. The highest BCUT2D eigenvalue weighted by Crippen LogP contribution is 2.37. The van der Waals surface area contributed by atoms with Crippen LogP contribution in [0, 0.1) is 5.41 Å². The first-order chi connectivity index (χ1) is 7.68. The van der Waals surface area contributed by atoms with Gasteiger partial charge in [-0.2, -0.15) is 0 Å². The fraction of sp³-hybridized carbons (Fsp3) is 0.857. The first-order valence-electron chi connectivity index (χ1n) is 6.60. The molecule has 0 aliphatic carbocycles. The normalized spacial score (nSPS) is 13.4. The Bertz CT molecular complexity index is 361. The van der Waals surface area contributed by atoms with E-state index in [0.29, 0.717) is 11.5 Å². The van der Waals surface area contributed by atoms with Gasteiger partial charge in [0.1, 0.15) is 0 Å². The van der Waals surface area contributed by atoms with Gasteiger partial charge in [-0.1, -0.05) is 46.3 Å². The molecule has 98 valence electrons. The van der Waals surface area contributed by atoms with Gasteiger partial charge in [0, 0.05) is 17.7 Å². The van der Waals surface area contributed by atoms with Crippen LogP contribution < -0.4 is 0 Å². The van der Waals surface area contributed by atoms with E-state index in [9.17, 15) is 0 Å². The van der Waals surface area contributed by atoms with E-state index in [2.05, 4.69) is 65.0 Å². The van der Waals surface area contributed by atoms with E-state index < -0.39 is 0 Å². The molecule has 1 aromatic rings. The minimum absolute atomic E-state index is 0.0899. The van der Waals surface area contributed by atoms with E-state index in [1.165, 1.54) is 6.42 Å². The van der Waals surface area contributed by atoms with Gasteiger partial charge in [-0.25, -0.2) is 4.68 Å². The van der Waals surface area contributed by atoms with Gasteiger partial charge in [0.25, 0.3) is 0 Å². The topological polar surface area (TPSA) is 30.7 Å². The number of rotatable bonds is 5. The zero-order valence-corrected chi connectivity index (χ0v) is 12.4. The molecular formula is C14H27N3. The second-order valence-electron chi connectivity index (χ2n) is 6.76. The minimum Gasteiger partial charge on any atom is -0.250 e. The van der Waals surface area contributed by atoms with Crippen molar-refractivity contribution in [2.45, 2.75) is 72.8 Å². The number of hydrogen-bond acceptors (Lipinski definition) is 2. The van der Waals surface area contributed by atoms with Crippen LogP contribution in [0.5, 0.6) is 0 Å². The molecule has 0 aliphatic heterocycles. The largest absolute Gasteiger partial charge is 0.250 e. The summed E-state index contributed by atoms with van der Waals surface area (Å²) in [5.74, 6) is 0. The fourth-order valence-electron chi connectivity index (χ4n) is 2.25. The van der Waals surface area contributed by atoms with Gasteiger partial charge in [-0.3, -0.25) is 0 Å². The van der Waals surface area contributed by atoms with Crippen LogP contribution in [-0.4, -0.2) is 15.0 Å². The van der Waals surface area contributed by atoms with Crippen LogP contribution in [0.4, 0.5) is 0 Å². The van der Waals surface area contributed by atoms with Gasteiger partial charge < -0.3 is 0 Å². The van der Waals surface area contributed by atoms with Crippen LogP contribution in [0.1, 0.15) is 73.0 Å². The molecule has 0 fully saturated rings. The molecule has 1 rings (SSSR count). The lowest BCUT2D eigenvalue weighted by Gasteiger charge is -2.32. The van der Waals surface area contributed by atoms with Gasteiger partial charge in [0.2, 0.25) is 0 Å². The van der Waals surface area contributed by atoms with E-state index in [0.717, 1.165) is 12.1 Å². The molecule has 0 amide bonds. The molecule has 0 N–H and O–H groups in total. The zero-order valence-electron chi connectivity index (χ0n) is 12.4. The molecule has 0 unspecified atom stereocenters. The molecule has 1 heterocycles. The lowest BCUT2D eigenvalue weighted by atomic mass is 9.72. The summed E-state index contributed by atoms with van der Waals surface area (Å²) in [5, 5.41) is 8.55. The number of nitrogens with zero attached hydrogens (tertiary/aromatic N) is 3. The predicted octanol–water partition coefficient (Wildman–Crippen LogP) is 3.96. The third kappa shape index (κ3) is 3.55. The Morgan fingerprint density at radius 2 is 1.82 bits per heavy atom. The molecule has 0 spiro atoms. The summed E-state index contributed by atoms with van der Waals surface area (Å²) in [6.07, 6.45) is 4.42. The van der Waals surface area contributed by atoms with Gasteiger partial charge >= 0.3 is 0 Å². The highest BCUT2D eigenvalue weighted by atomic mass is 15.4. The summed E-state index contributed by atoms with van der Waals surface area (Å²) >= 11 is 0. The van der Waals surface area contributed by atoms with Crippen LogP contribution in [0.25, 0.3) is 0 Å². The van der Waals surface area contributed by atoms with Crippen LogP contribution in [0.15, 0.2) is 6.20 Å². The van der Waals surface area contributed by atoms with Crippen LogP contribution >= 0.6 is 0 Å². The minimum atomic E-state index is 0.0899. The molecule has 1 aromatic heterocycles. The summed E-state index contributed by atoms with van der Waals surface area (Å²) < 4.78 is 1.94. The Balaban J connectivity index is 2.89. The maximum absolute atomic E-state index is 4.34. The van der Waals surface area contributed by atoms with Crippen molar-refractivity contribution in [1.29, 1.82) is 0 Å². The Morgan fingerprint density at radius 3 is 2.24 bits per heavy atom. The summed E-state index contributed by atoms with van der Waals surface area (Å²) in [6.45, 7) is 15.7. The van der Waals surface area contributed by atoms with Crippen molar-refractivity contribution < 1.29 is 0 Å². The molecule has 3 nitrogen and oxygen atoms in total. The summed E-state index contributed by atoms with van der Waals surface area (Å²) in [7, 11) is 0. The maximum atomic E-state index is 4.34. The van der Waals surface area contributed by atoms with Crippen molar-refractivity contribution in [3.05, 3.63) is 11.9 Å². The molecule has 0 saturated carbocycles. The van der Waals surface area contributed by atoms with Crippen molar-refractivity contribution in [3.63, 3.8) is 0 Å². The highest BCUT2D eigenvalue weighted by Gasteiger charge is 2.31. The Hall–Kier alpha value is -0.860. The molecule has 0 aromatic carbocycles. The van der Waals surface area contributed by atoms with E-state index in [1.54, 1.807) is 0 Å². The quantitative estimate of drug-likeness (QED) is 0.776. The summed E-state index contributed by atoms with van der Waals surface area (Å²) in [4.78, 5) is 0. The Morgan fingerprint density at radius 1 is 1.24 bits per heavy atom. The third-order valence-corrected chi connectivity index (χ3v) is 3.61. The van der Waals surface area contributed by atoms with E-state index >= 15 is 0 Å². The molecule has 0 aliphatic rings. The van der Waals surface area contributed by atoms with Gasteiger partial charge in [-0.15, -0.1) is 5.10 Å². The molecule has 17 heavy (non-hydrogen) atoms. The summed E-state index contributed by atoms with van der Waals surface area (Å²) in [5.41, 5.74) is 1.55. The first kappa shape index (κ1) is 14.2. The maximum Gasteiger partial charge on any atom is 0.0883 e. The highest BCUT2D eigenvalue weighted by molar-refractivity contribution is 5.10. The average Bonchev–Trinajstić information content (AvgIpc) is 2.65. The van der Waals surface area contributed by atoms with Crippen molar-refractivity contribution in [2.24, 2.45) is 5.41 Å². The van der Waals surface area contributed by atoms with Crippen molar-refractivity contribution in [2.75, 3.05) is 0 Å². The third-order valence-electron chi connectivity index (χ3n) is 3.61. The van der Waals surface area contributed by atoms with Crippen molar-refractivity contribution in [1.82, 2.24) is 15.0 Å². The van der Waals surface area contributed by atoms with E-state index in [1.807, 2.05) is 4.68 Å². The van der Waals surface area contributed by atoms with Crippen LogP contribution in [0.3, 0.4) is 0 Å². The van der Waals surface area contributed by atoms with Gasteiger partial charge in [-0.05, 0) is 25.7 Å². The van der Waals surface area contributed by atoms with E-state index in [-0.39, 0.29) is 5.41 Å². The Kier molecular flexibility index (Phi) is 4.00. The van der Waals surface area contributed by atoms with Crippen LogP contribution in [-0.2, 0) is 5.41 Å². The summed E-state index contributed by atoms with van der Waals surface area (Å²) in [6, 6.07) is 0.381. The van der Waals surface area contributed by atoms with Crippen molar-refractivity contribution in [3.8, 4) is 0 Å². The SMILES string of the molecule is CCC(C)(C)CC(C)(C)c1cn(C(C)C)nn1. The second-order valence-corrected chi connectivity index (χ2v) is 6.76. The molecule has 0 saturated heterocycles. The monoisotopic (exact) mass is 237 g/mol. The Labute approximate surface area is 106 Å². The van der Waals surface area contributed by atoms with E-state index in [4.69, 9.17) is 0 Å². The molecule has 0 radical (unpaired) electrons.